The number of carbonyl (C=O) groups is 1. The molecule has 0 atom stereocenters. The fourth-order valence-electron chi connectivity index (χ4n) is 3.94. The van der Waals surface area contributed by atoms with Crippen LogP contribution in [0.25, 0.3) is 17.3 Å². The molecule has 0 spiro atoms. The SMILES string of the molecule is C=C=C(/C=C/c1cccc(C(=O)O)c1)CCCCOCc1c(-c2c(Cl)cccc2Cl)noc1C1CC1. The molecule has 1 saturated carbocycles. The predicted molar refractivity (Wildman–Crippen MR) is 143 cm³/mol. The van der Waals surface area contributed by atoms with E-state index in [1.54, 1.807) is 36.4 Å². The van der Waals surface area contributed by atoms with Crippen molar-refractivity contribution < 1.29 is 19.2 Å². The van der Waals surface area contributed by atoms with Gasteiger partial charge < -0.3 is 14.4 Å². The van der Waals surface area contributed by atoms with Crippen molar-refractivity contribution in [3.8, 4) is 11.3 Å². The highest BCUT2D eigenvalue weighted by Gasteiger charge is 2.33. The van der Waals surface area contributed by atoms with Gasteiger partial charge in [0.05, 0.1) is 22.2 Å². The number of carboxylic acids is 1. The fourth-order valence-corrected chi connectivity index (χ4v) is 4.52. The number of allylic oxidation sites excluding steroid dienone is 2. The van der Waals surface area contributed by atoms with E-state index in [9.17, 15) is 4.79 Å². The number of unbranched alkanes of at least 4 members (excludes halogenated alkanes) is 1. The van der Waals surface area contributed by atoms with Crippen molar-refractivity contribution >= 4 is 35.2 Å². The summed E-state index contributed by atoms with van der Waals surface area (Å²) in [7, 11) is 0. The van der Waals surface area contributed by atoms with Crippen molar-refractivity contribution in [2.45, 2.75) is 44.6 Å². The molecule has 1 aromatic heterocycles. The number of ether oxygens (including phenoxy) is 1. The monoisotopic (exact) mass is 523 g/mol. The van der Waals surface area contributed by atoms with E-state index in [0.717, 1.165) is 54.6 Å². The maximum atomic E-state index is 11.1. The molecule has 5 nitrogen and oxygen atoms in total. The highest BCUT2D eigenvalue weighted by molar-refractivity contribution is 6.39. The molecule has 186 valence electrons. The third-order valence-electron chi connectivity index (χ3n) is 6.04. The molecule has 2 aromatic carbocycles. The summed E-state index contributed by atoms with van der Waals surface area (Å²) in [5, 5.41) is 14.5. The molecule has 0 radical (unpaired) electrons. The van der Waals surface area contributed by atoms with E-state index in [1.807, 2.05) is 18.2 Å². The highest BCUT2D eigenvalue weighted by atomic mass is 35.5. The molecule has 1 aliphatic carbocycles. The minimum atomic E-state index is -0.942. The smallest absolute Gasteiger partial charge is 0.335 e. The summed E-state index contributed by atoms with van der Waals surface area (Å²) >= 11 is 12.8. The van der Waals surface area contributed by atoms with E-state index in [2.05, 4.69) is 17.5 Å². The first-order valence-corrected chi connectivity index (χ1v) is 12.6. The number of hydrogen-bond acceptors (Lipinski definition) is 4. The van der Waals surface area contributed by atoms with Gasteiger partial charge in [-0.25, -0.2) is 4.79 Å². The lowest BCUT2D eigenvalue weighted by molar-refractivity contribution is 0.0697. The second-order valence-electron chi connectivity index (χ2n) is 8.72. The molecule has 0 aliphatic heterocycles. The molecule has 1 N–H and O–H groups in total. The van der Waals surface area contributed by atoms with Crippen LogP contribution in [-0.4, -0.2) is 22.8 Å². The molecular weight excluding hydrogens is 497 g/mol. The molecule has 7 heteroatoms. The number of hydrogen-bond donors (Lipinski definition) is 1. The zero-order chi connectivity index (χ0) is 25.5. The number of aromatic carboxylic acids is 1. The number of nitrogens with zero attached hydrogens (tertiary/aromatic N) is 1. The lowest BCUT2D eigenvalue weighted by atomic mass is 10.0. The van der Waals surface area contributed by atoms with Gasteiger partial charge in [0.25, 0.3) is 0 Å². The Morgan fingerprint density at radius 3 is 2.64 bits per heavy atom. The van der Waals surface area contributed by atoms with Crippen LogP contribution in [0, 0.1) is 0 Å². The molecule has 36 heavy (non-hydrogen) atoms. The van der Waals surface area contributed by atoms with Crippen LogP contribution in [0.3, 0.4) is 0 Å². The van der Waals surface area contributed by atoms with Gasteiger partial charge in [0.2, 0.25) is 0 Å². The second-order valence-corrected chi connectivity index (χ2v) is 9.53. The maximum absolute atomic E-state index is 11.1. The molecule has 0 bridgehead atoms. The minimum Gasteiger partial charge on any atom is -0.478 e. The van der Waals surface area contributed by atoms with Crippen molar-refractivity contribution in [2.24, 2.45) is 0 Å². The molecule has 1 heterocycles. The van der Waals surface area contributed by atoms with E-state index in [4.69, 9.17) is 37.6 Å². The Bertz CT molecular complexity index is 1300. The zero-order valence-electron chi connectivity index (χ0n) is 19.8. The Balaban J connectivity index is 1.30. The summed E-state index contributed by atoms with van der Waals surface area (Å²) in [6.07, 6.45) is 8.53. The van der Waals surface area contributed by atoms with Gasteiger partial charge in [0, 0.05) is 23.7 Å². The standard InChI is InChI=1S/C29H27Cl2NO4/c1-2-19(12-13-20-8-5-9-22(17-20)29(33)34)7-3-4-16-35-18-23-27(32-36-28(23)21-14-15-21)26-24(30)10-6-11-25(26)31/h5-6,8-13,17,21H,1,3-4,7,14-16,18H2,(H,33,34)/b13-12+. The lowest BCUT2D eigenvalue weighted by Crippen LogP contribution is -1.99. The molecule has 4 rings (SSSR count). The topological polar surface area (TPSA) is 72.6 Å². The van der Waals surface area contributed by atoms with E-state index in [-0.39, 0.29) is 5.56 Å². The largest absolute Gasteiger partial charge is 0.478 e. The van der Waals surface area contributed by atoms with Crippen LogP contribution in [0.5, 0.6) is 0 Å². The number of halogens is 2. The third-order valence-corrected chi connectivity index (χ3v) is 6.67. The lowest BCUT2D eigenvalue weighted by Gasteiger charge is -2.08. The molecule has 0 unspecified atom stereocenters. The quantitative estimate of drug-likeness (QED) is 0.147. The minimum absolute atomic E-state index is 0.260. The van der Waals surface area contributed by atoms with Crippen LogP contribution in [-0.2, 0) is 11.3 Å². The van der Waals surface area contributed by atoms with Crippen LogP contribution in [0.4, 0.5) is 0 Å². The summed E-state index contributed by atoms with van der Waals surface area (Å²) < 4.78 is 11.7. The van der Waals surface area contributed by atoms with Gasteiger partial charge in [-0.05, 0) is 67.5 Å². The fraction of sp³-hybridized carbons (Fsp3) is 0.276. The molecular formula is C29H27Cl2NO4. The Morgan fingerprint density at radius 2 is 1.94 bits per heavy atom. The number of rotatable bonds is 12. The number of benzene rings is 2. The number of carboxylic acid groups (broad SMARTS) is 1. The molecule has 1 aliphatic rings. The summed E-state index contributed by atoms with van der Waals surface area (Å²) in [4.78, 5) is 11.1. The highest BCUT2D eigenvalue weighted by Crippen LogP contribution is 2.46. The van der Waals surface area contributed by atoms with Gasteiger partial charge in [-0.1, -0.05) is 65.3 Å². The Labute approximate surface area is 220 Å². The van der Waals surface area contributed by atoms with E-state index < -0.39 is 5.97 Å². The first-order chi connectivity index (χ1) is 17.5. The summed E-state index contributed by atoms with van der Waals surface area (Å²) in [6.45, 7) is 4.74. The van der Waals surface area contributed by atoms with Gasteiger partial charge >= 0.3 is 5.97 Å². The first kappa shape index (κ1) is 26.0. The summed E-state index contributed by atoms with van der Waals surface area (Å²) in [5.41, 5.74) is 7.26. The van der Waals surface area contributed by atoms with Gasteiger partial charge in [0.1, 0.15) is 11.5 Å². The van der Waals surface area contributed by atoms with Crippen LogP contribution in [0.1, 0.15) is 65.3 Å². The van der Waals surface area contributed by atoms with E-state index in [0.29, 0.717) is 40.4 Å². The molecule has 0 saturated heterocycles. The van der Waals surface area contributed by atoms with Crippen LogP contribution < -0.4 is 0 Å². The van der Waals surface area contributed by atoms with Crippen molar-refractivity contribution in [3.05, 3.63) is 98.9 Å². The van der Waals surface area contributed by atoms with Gasteiger partial charge in [-0.15, -0.1) is 5.73 Å². The third kappa shape index (κ3) is 6.57. The number of aromatic nitrogens is 1. The first-order valence-electron chi connectivity index (χ1n) is 11.9. The Hall–Kier alpha value is -3.08. The average molecular weight is 524 g/mol. The normalized spacial score (nSPS) is 13.2. The predicted octanol–water partition coefficient (Wildman–Crippen LogP) is 8.34. The maximum Gasteiger partial charge on any atom is 0.335 e. The van der Waals surface area contributed by atoms with Crippen molar-refractivity contribution in [2.75, 3.05) is 6.61 Å². The summed E-state index contributed by atoms with van der Waals surface area (Å²) in [6, 6.07) is 12.2. The van der Waals surface area contributed by atoms with Gasteiger partial charge in [-0.2, -0.15) is 0 Å². The van der Waals surface area contributed by atoms with Crippen molar-refractivity contribution in [1.29, 1.82) is 0 Å². The van der Waals surface area contributed by atoms with Crippen LogP contribution in [0.15, 0.2) is 70.9 Å². The average Bonchev–Trinajstić information content (AvgIpc) is 3.64. The van der Waals surface area contributed by atoms with Gasteiger partial charge in [-0.3, -0.25) is 0 Å². The van der Waals surface area contributed by atoms with Crippen LogP contribution in [0.2, 0.25) is 10.0 Å². The molecule has 0 amide bonds. The van der Waals surface area contributed by atoms with E-state index in [1.165, 1.54) is 0 Å². The van der Waals surface area contributed by atoms with Crippen LogP contribution >= 0.6 is 23.2 Å². The van der Waals surface area contributed by atoms with Gasteiger partial charge in [0.15, 0.2) is 0 Å². The zero-order valence-corrected chi connectivity index (χ0v) is 21.3. The van der Waals surface area contributed by atoms with Crippen molar-refractivity contribution in [3.63, 3.8) is 0 Å². The molecule has 3 aromatic rings. The van der Waals surface area contributed by atoms with Crippen molar-refractivity contribution in [1.82, 2.24) is 5.16 Å². The van der Waals surface area contributed by atoms with E-state index >= 15 is 0 Å². The molecule has 1 fully saturated rings. The summed E-state index contributed by atoms with van der Waals surface area (Å²) in [5.74, 6) is 0.312. The Morgan fingerprint density at radius 1 is 1.19 bits per heavy atom. The second kappa shape index (κ2) is 12.2. The Kier molecular flexibility index (Phi) is 8.84.